The molecule has 12 heteroatoms. The number of rotatable bonds is 9. The minimum Gasteiger partial charge on any atom is -0.390 e. The van der Waals surface area contributed by atoms with Gasteiger partial charge in [0.2, 0.25) is 0 Å². The zero-order chi connectivity index (χ0) is 23.6. The fourth-order valence-electron chi connectivity index (χ4n) is 3.05. The SMILES string of the molecule is COC[C@@H](C)O/N=C(/C(=O)Nc1nc2ccc(N)nc2s1)c1ccc(S(=O)(=O)C2CC2)cc1. The largest absolute Gasteiger partial charge is 0.390 e. The van der Waals surface area contributed by atoms with Crippen LogP contribution in [0, 0.1) is 0 Å². The van der Waals surface area contributed by atoms with Crippen LogP contribution in [0.25, 0.3) is 10.3 Å². The van der Waals surface area contributed by atoms with Crippen molar-refractivity contribution >= 4 is 54.1 Å². The van der Waals surface area contributed by atoms with Gasteiger partial charge in [-0.15, -0.1) is 0 Å². The monoisotopic (exact) mass is 489 g/mol. The Balaban J connectivity index is 1.60. The number of nitrogen functional groups attached to an aromatic ring is 1. The minimum atomic E-state index is -3.34. The number of aromatic nitrogens is 2. The molecule has 2 aromatic heterocycles. The number of nitrogens with two attached hydrogens (primary N) is 1. The van der Waals surface area contributed by atoms with Gasteiger partial charge in [-0.05, 0) is 44.0 Å². The number of carbonyl (C=O) groups is 1. The van der Waals surface area contributed by atoms with E-state index >= 15 is 0 Å². The van der Waals surface area contributed by atoms with Gasteiger partial charge in [0.15, 0.2) is 20.7 Å². The molecule has 1 aromatic carbocycles. The molecular weight excluding hydrogens is 466 g/mol. The zero-order valence-corrected chi connectivity index (χ0v) is 19.6. The number of nitrogens with one attached hydrogen (secondary N) is 1. The molecule has 0 saturated heterocycles. The fourth-order valence-corrected chi connectivity index (χ4v) is 5.54. The summed E-state index contributed by atoms with van der Waals surface area (Å²) in [4.78, 5) is 27.8. The first-order valence-electron chi connectivity index (χ1n) is 10.2. The van der Waals surface area contributed by atoms with E-state index in [1.807, 2.05) is 0 Å². The van der Waals surface area contributed by atoms with E-state index in [0.29, 0.717) is 39.7 Å². The Morgan fingerprint density at radius 3 is 2.64 bits per heavy atom. The van der Waals surface area contributed by atoms with Crippen molar-refractivity contribution in [2.45, 2.75) is 36.0 Å². The summed E-state index contributed by atoms with van der Waals surface area (Å²) in [6.45, 7) is 2.03. The van der Waals surface area contributed by atoms with Crippen LogP contribution < -0.4 is 11.1 Å². The molecule has 1 amide bonds. The third kappa shape index (κ3) is 5.29. The van der Waals surface area contributed by atoms with Gasteiger partial charge in [-0.25, -0.2) is 18.4 Å². The number of carbonyl (C=O) groups excluding carboxylic acids is 1. The second-order valence-electron chi connectivity index (χ2n) is 7.61. The second-order valence-corrected chi connectivity index (χ2v) is 10.8. The number of fused-ring (bicyclic) bond motifs is 1. The number of hydrogen-bond acceptors (Lipinski definition) is 10. The molecule has 0 unspecified atom stereocenters. The first-order chi connectivity index (χ1) is 15.8. The van der Waals surface area contributed by atoms with Crippen molar-refractivity contribution in [1.82, 2.24) is 9.97 Å². The number of nitrogens with zero attached hydrogens (tertiary/aromatic N) is 3. The van der Waals surface area contributed by atoms with Crippen molar-refractivity contribution in [3.63, 3.8) is 0 Å². The molecule has 33 heavy (non-hydrogen) atoms. The lowest BCUT2D eigenvalue weighted by Crippen LogP contribution is -2.25. The molecule has 1 saturated carbocycles. The molecule has 1 fully saturated rings. The Morgan fingerprint density at radius 2 is 1.97 bits per heavy atom. The average Bonchev–Trinajstić information content (AvgIpc) is 3.56. The summed E-state index contributed by atoms with van der Waals surface area (Å²) >= 11 is 1.17. The normalized spacial score (nSPS) is 15.4. The van der Waals surface area contributed by atoms with Crippen LogP contribution in [0.1, 0.15) is 25.3 Å². The molecule has 2 heterocycles. The summed E-state index contributed by atoms with van der Waals surface area (Å²) in [6, 6.07) is 9.39. The predicted molar refractivity (Wildman–Crippen MR) is 126 cm³/mol. The maximum atomic E-state index is 13.1. The summed E-state index contributed by atoms with van der Waals surface area (Å²) in [6.07, 6.45) is 0.946. The molecule has 3 N–H and O–H groups in total. The van der Waals surface area contributed by atoms with Crippen molar-refractivity contribution in [2.24, 2.45) is 5.16 Å². The lowest BCUT2D eigenvalue weighted by atomic mass is 10.1. The maximum Gasteiger partial charge on any atom is 0.280 e. The van der Waals surface area contributed by atoms with Gasteiger partial charge >= 0.3 is 0 Å². The van der Waals surface area contributed by atoms with E-state index < -0.39 is 21.8 Å². The molecule has 0 radical (unpaired) electrons. The van der Waals surface area contributed by atoms with Gasteiger partial charge in [-0.2, -0.15) is 0 Å². The van der Waals surface area contributed by atoms with Crippen LogP contribution in [0.15, 0.2) is 46.4 Å². The molecule has 4 rings (SSSR count). The van der Waals surface area contributed by atoms with Crippen LogP contribution in [-0.4, -0.2) is 55.1 Å². The van der Waals surface area contributed by atoms with Gasteiger partial charge in [0, 0.05) is 12.7 Å². The van der Waals surface area contributed by atoms with Gasteiger partial charge in [0.25, 0.3) is 5.91 Å². The average molecular weight is 490 g/mol. The van der Waals surface area contributed by atoms with E-state index in [1.54, 1.807) is 31.2 Å². The maximum absolute atomic E-state index is 13.1. The molecule has 1 aliphatic rings. The van der Waals surface area contributed by atoms with Crippen molar-refractivity contribution in [1.29, 1.82) is 0 Å². The van der Waals surface area contributed by atoms with Gasteiger partial charge in [0.05, 0.1) is 16.8 Å². The van der Waals surface area contributed by atoms with Gasteiger partial charge in [-0.1, -0.05) is 28.6 Å². The fraction of sp³-hybridized carbons (Fsp3) is 0.333. The van der Waals surface area contributed by atoms with Crippen molar-refractivity contribution in [2.75, 3.05) is 24.8 Å². The van der Waals surface area contributed by atoms with Crippen LogP contribution in [0.2, 0.25) is 0 Å². The summed E-state index contributed by atoms with van der Waals surface area (Å²) < 4.78 is 30.0. The third-order valence-electron chi connectivity index (χ3n) is 4.86. The highest BCUT2D eigenvalue weighted by Crippen LogP contribution is 2.33. The number of amides is 1. The molecule has 1 atom stereocenters. The molecule has 3 aromatic rings. The Hall–Kier alpha value is -3.09. The van der Waals surface area contributed by atoms with Crippen molar-refractivity contribution in [3.8, 4) is 0 Å². The highest BCUT2D eigenvalue weighted by molar-refractivity contribution is 7.92. The number of anilines is 2. The Morgan fingerprint density at radius 1 is 1.24 bits per heavy atom. The van der Waals surface area contributed by atoms with Crippen LogP contribution in [0.3, 0.4) is 0 Å². The van der Waals surface area contributed by atoms with Crippen molar-refractivity contribution in [3.05, 3.63) is 42.0 Å². The summed E-state index contributed by atoms with van der Waals surface area (Å²) in [5, 5.41) is 6.74. The number of benzene rings is 1. The van der Waals surface area contributed by atoms with Crippen LogP contribution in [0.5, 0.6) is 0 Å². The van der Waals surface area contributed by atoms with E-state index in [4.69, 9.17) is 15.3 Å². The third-order valence-corrected chi connectivity index (χ3v) is 8.02. The Bertz CT molecular complexity index is 1300. The molecule has 10 nitrogen and oxygen atoms in total. The quantitative estimate of drug-likeness (QED) is 0.344. The van der Waals surface area contributed by atoms with E-state index in [0.717, 1.165) is 0 Å². The number of hydrogen-bond donors (Lipinski definition) is 2. The predicted octanol–water partition coefficient (Wildman–Crippen LogP) is 2.60. The van der Waals surface area contributed by atoms with Gasteiger partial charge in [-0.3, -0.25) is 10.1 Å². The van der Waals surface area contributed by atoms with Crippen LogP contribution in [0.4, 0.5) is 10.9 Å². The number of oxime groups is 1. The number of sulfone groups is 1. The Labute approximate surface area is 194 Å². The zero-order valence-electron chi connectivity index (χ0n) is 18.0. The summed E-state index contributed by atoms with van der Waals surface area (Å²) in [5.41, 5.74) is 6.68. The first kappa shape index (κ1) is 23.1. The van der Waals surface area contributed by atoms with Crippen LogP contribution >= 0.6 is 11.3 Å². The molecule has 0 aliphatic heterocycles. The molecule has 0 bridgehead atoms. The Kier molecular flexibility index (Phi) is 6.58. The standard InChI is InChI=1S/C21H23N5O5S2/c1-12(11-30-2)31-26-18(13-3-5-14(6-4-13)33(28,29)15-7-8-15)19(27)25-21-23-16-9-10-17(22)24-20(16)32-21/h3-6,9-10,12,15H,7-8,11H2,1-2H3,(H2,22,24)(H,23,25,27)/b26-18+/t12-/m1/s1. The summed E-state index contributed by atoms with van der Waals surface area (Å²) in [5.74, 6) is -0.211. The highest BCUT2D eigenvalue weighted by Gasteiger charge is 2.36. The van der Waals surface area contributed by atoms with Gasteiger partial charge < -0.3 is 15.3 Å². The molecule has 174 valence electrons. The lowest BCUT2D eigenvalue weighted by molar-refractivity contribution is -0.110. The highest BCUT2D eigenvalue weighted by atomic mass is 32.2. The van der Waals surface area contributed by atoms with E-state index in [9.17, 15) is 13.2 Å². The number of thiazole rings is 1. The first-order valence-corrected chi connectivity index (χ1v) is 12.6. The molecule has 0 spiro atoms. The minimum absolute atomic E-state index is 0.0277. The van der Waals surface area contributed by atoms with Crippen molar-refractivity contribution < 1.29 is 22.8 Å². The number of pyridine rings is 1. The molecular formula is C21H23N5O5S2. The van der Waals surface area contributed by atoms with Gasteiger partial charge in [0.1, 0.15) is 22.3 Å². The summed E-state index contributed by atoms with van der Waals surface area (Å²) in [7, 11) is -1.81. The van der Waals surface area contributed by atoms with E-state index in [1.165, 1.54) is 30.6 Å². The van der Waals surface area contributed by atoms with E-state index in [2.05, 4.69) is 20.4 Å². The number of ether oxygens (including phenoxy) is 1. The topological polar surface area (TPSA) is 146 Å². The smallest absolute Gasteiger partial charge is 0.280 e. The molecule has 1 aliphatic carbocycles. The second kappa shape index (κ2) is 9.41. The number of methoxy groups -OCH3 is 1. The van der Waals surface area contributed by atoms with E-state index in [-0.39, 0.29) is 22.5 Å². The van der Waals surface area contributed by atoms with Crippen LogP contribution in [-0.2, 0) is 24.2 Å². The lowest BCUT2D eigenvalue weighted by Gasteiger charge is -2.11.